The Kier molecular flexibility index (Phi) is 4.98. The van der Waals surface area contributed by atoms with Gasteiger partial charge in [0, 0.05) is 32.8 Å². The molecule has 1 spiro atoms. The van der Waals surface area contributed by atoms with Gasteiger partial charge in [-0.15, -0.1) is 0 Å². The summed E-state index contributed by atoms with van der Waals surface area (Å²) in [5.41, 5.74) is 2.92. The number of rotatable bonds is 5. The molecule has 5 nitrogen and oxygen atoms in total. The third-order valence-corrected chi connectivity index (χ3v) is 4.37. The lowest BCUT2D eigenvalue weighted by Gasteiger charge is -2.40. The van der Waals surface area contributed by atoms with Crippen LogP contribution < -0.4 is 11.3 Å². The van der Waals surface area contributed by atoms with Gasteiger partial charge >= 0.3 is 0 Å². The first-order valence-electron chi connectivity index (χ1n) is 6.90. The summed E-state index contributed by atoms with van der Waals surface area (Å²) in [5, 5.41) is 0. The lowest BCUT2D eigenvalue weighted by Crippen LogP contribution is -2.50. The first-order chi connectivity index (χ1) is 8.69. The normalized spacial score (nSPS) is 35.8. The van der Waals surface area contributed by atoms with E-state index in [0.29, 0.717) is 12.0 Å². The van der Waals surface area contributed by atoms with Crippen molar-refractivity contribution in [3.05, 3.63) is 0 Å². The molecule has 2 aliphatic heterocycles. The van der Waals surface area contributed by atoms with Gasteiger partial charge in [0.1, 0.15) is 0 Å². The number of hydrazine groups is 1. The van der Waals surface area contributed by atoms with Gasteiger partial charge in [0.25, 0.3) is 0 Å². The average molecular weight is 258 g/mol. The van der Waals surface area contributed by atoms with Crippen molar-refractivity contribution in [3.8, 4) is 0 Å². The lowest BCUT2D eigenvalue weighted by molar-refractivity contribution is -0.105. The Morgan fingerprint density at radius 1 is 1.50 bits per heavy atom. The lowest BCUT2D eigenvalue weighted by atomic mass is 9.80. The third-order valence-electron chi connectivity index (χ3n) is 4.37. The molecule has 0 aliphatic carbocycles. The molecule has 2 fully saturated rings. The summed E-state index contributed by atoms with van der Waals surface area (Å²) >= 11 is 0. The molecule has 2 saturated heterocycles. The van der Waals surface area contributed by atoms with E-state index in [1.165, 1.54) is 0 Å². The van der Waals surface area contributed by atoms with Crippen LogP contribution in [0.1, 0.15) is 32.6 Å². The van der Waals surface area contributed by atoms with E-state index in [0.717, 1.165) is 45.5 Å². The van der Waals surface area contributed by atoms with Crippen molar-refractivity contribution in [1.29, 1.82) is 0 Å². The molecule has 0 aromatic carbocycles. The number of hydrogen-bond donors (Lipinski definition) is 2. The minimum absolute atomic E-state index is 0.0473. The van der Waals surface area contributed by atoms with E-state index < -0.39 is 0 Å². The van der Waals surface area contributed by atoms with Crippen LogP contribution in [0.25, 0.3) is 0 Å². The van der Waals surface area contributed by atoms with Crippen LogP contribution in [0.2, 0.25) is 0 Å². The molecule has 5 heteroatoms. The van der Waals surface area contributed by atoms with Gasteiger partial charge in [-0.25, -0.2) is 0 Å². The van der Waals surface area contributed by atoms with Crippen LogP contribution in [-0.2, 0) is 14.2 Å². The Bertz CT molecular complexity index is 257. The number of ether oxygens (including phenoxy) is 3. The first-order valence-corrected chi connectivity index (χ1v) is 6.90. The largest absolute Gasteiger partial charge is 0.382 e. The molecule has 3 N–H and O–H groups in total. The maximum atomic E-state index is 5.96. The fraction of sp³-hybridized carbons (Fsp3) is 1.00. The smallest absolute Gasteiger partial charge is 0.0939 e. The highest BCUT2D eigenvalue weighted by atomic mass is 16.6. The van der Waals surface area contributed by atoms with Crippen LogP contribution in [0.5, 0.6) is 0 Å². The topological polar surface area (TPSA) is 65.7 Å². The summed E-state index contributed by atoms with van der Waals surface area (Å²) < 4.78 is 16.8. The van der Waals surface area contributed by atoms with Crippen LogP contribution in [-0.4, -0.2) is 44.7 Å². The van der Waals surface area contributed by atoms with Gasteiger partial charge in [0.2, 0.25) is 0 Å². The van der Waals surface area contributed by atoms with Gasteiger partial charge in [-0.1, -0.05) is 0 Å². The molecule has 0 aromatic rings. The van der Waals surface area contributed by atoms with Crippen LogP contribution in [0.4, 0.5) is 0 Å². The Morgan fingerprint density at radius 3 is 2.94 bits per heavy atom. The van der Waals surface area contributed by atoms with Crippen molar-refractivity contribution in [2.45, 2.75) is 50.4 Å². The highest BCUT2D eigenvalue weighted by Crippen LogP contribution is 2.37. The summed E-state index contributed by atoms with van der Waals surface area (Å²) in [4.78, 5) is 0. The molecule has 18 heavy (non-hydrogen) atoms. The van der Waals surface area contributed by atoms with E-state index in [1.807, 2.05) is 0 Å². The highest BCUT2D eigenvalue weighted by molar-refractivity contribution is 4.93. The van der Waals surface area contributed by atoms with Crippen molar-refractivity contribution in [1.82, 2.24) is 5.43 Å². The second-order valence-corrected chi connectivity index (χ2v) is 5.64. The van der Waals surface area contributed by atoms with Crippen molar-refractivity contribution in [2.75, 3.05) is 26.9 Å². The van der Waals surface area contributed by atoms with Gasteiger partial charge in [0.15, 0.2) is 0 Å². The number of nitrogens with two attached hydrogens (primary N) is 1. The molecular weight excluding hydrogens is 232 g/mol. The Labute approximate surface area is 109 Å². The number of hydrogen-bond acceptors (Lipinski definition) is 5. The Hall–Kier alpha value is -0.200. The highest BCUT2D eigenvalue weighted by Gasteiger charge is 2.42. The molecule has 2 rings (SSSR count). The Morgan fingerprint density at radius 2 is 2.33 bits per heavy atom. The van der Waals surface area contributed by atoms with Gasteiger partial charge in [0.05, 0.1) is 18.3 Å². The predicted molar refractivity (Wildman–Crippen MR) is 69.0 cm³/mol. The maximum Gasteiger partial charge on any atom is 0.0939 e. The SMILES string of the molecule is COC(C)CC(NN)C1CCOC2(CCOC2)C1. The zero-order valence-electron chi connectivity index (χ0n) is 11.5. The van der Waals surface area contributed by atoms with Crippen molar-refractivity contribution >= 4 is 0 Å². The molecule has 4 unspecified atom stereocenters. The van der Waals surface area contributed by atoms with E-state index in [-0.39, 0.29) is 11.7 Å². The fourth-order valence-electron chi connectivity index (χ4n) is 3.12. The van der Waals surface area contributed by atoms with E-state index in [2.05, 4.69) is 12.3 Å². The summed E-state index contributed by atoms with van der Waals surface area (Å²) in [6.45, 7) is 4.45. The van der Waals surface area contributed by atoms with E-state index in [1.54, 1.807) is 7.11 Å². The fourth-order valence-corrected chi connectivity index (χ4v) is 3.12. The summed E-state index contributed by atoms with van der Waals surface area (Å²) in [6.07, 6.45) is 4.28. The van der Waals surface area contributed by atoms with Crippen molar-refractivity contribution < 1.29 is 14.2 Å². The van der Waals surface area contributed by atoms with Crippen molar-refractivity contribution in [2.24, 2.45) is 11.8 Å². The van der Waals surface area contributed by atoms with Crippen LogP contribution >= 0.6 is 0 Å². The molecule has 0 amide bonds. The first kappa shape index (κ1) is 14.2. The quantitative estimate of drug-likeness (QED) is 0.565. The average Bonchev–Trinajstić information content (AvgIpc) is 2.83. The van der Waals surface area contributed by atoms with Gasteiger partial charge in [-0.3, -0.25) is 11.3 Å². The summed E-state index contributed by atoms with van der Waals surface area (Å²) in [5.74, 6) is 6.26. The standard InChI is InChI=1S/C13H26N2O3/c1-10(16-2)7-12(15-14)11-3-5-18-13(8-11)4-6-17-9-13/h10-12,15H,3-9,14H2,1-2H3. The van der Waals surface area contributed by atoms with Gasteiger partial charge in [-0.2, -0.15) is 0 Å². The monoisotopic (exact) mass is 258 g/mol. The van der Waals surface area contributed by atoms with Crippen molar-refractivity contribution in [3.63, 3.8) is 0 Å². The van der Waals surface area contributed by atoms with E-state index in [4.69, 9.17) is 20.1 Å². The summed E-state index contributed by atoms with van der Waals surface area (Å²) in [7, 11) is 1.74. The molecule has 4 atom stereocenters. The van der Waals surface area contributed by atoms with Gasteiger partial charge < -0.3 is 14.2 Å². The summed E-state index contributed by atoms with van der Waals surface area (Å²) in [6, 6.07) is 0.293. The molecule has 106 valence electrons. The zero-order valence-corrected chi connectivity index (χ0v) is 11.5. The zero-order chi connectivity index (χ0) is 13.0. The van der Waals surface area contributed by atoms with Crippen LogP contribution in [0, 0.1) is 5.92 Å². The second kappa shape index (κ2) is 6.30. The Balaban J connectivity index is 1.93. The molecule has 0 aromatic heterocycles. The molecule has 0 radical (unpaired) electrons. The number of methoxy groups -OCH3 is 1. The third kappa shape index (κ3) is 3.22. The maximum absolute atomic E-state index is 5.96. The molecule has 2 aliphatic rings. The molecular formula is C13H26N2O3. The molecule has 2 heterocycles. The molecule has 0 bridgehead atoms. The van der Waals surface area contributed by atoms with E-state index >= 15 is 0 Å². The minimum Gasteiger partial charge on any atom is -0.382 e. The predicted octanol–water partition coefficient (Wildman–Crippen LogP) is 0.829. The second-order valence-electron chi connectivity index (χ2n) is 5.64. The van der Waals surface area contributed by atoms with Gasteiger partial charge in [-0.05, 0) is 32.1 Å². The minimum atomic E-state index is -0.0473. The van der Waals surface area contributed by atoms with E-state index in [9.17, 15) is 0 Å². The molecule has 0 saturated carbocycles. The van der Waals surface area contributed by atoms with Crippen LogP contribution in [0.3, 0.4) is 0 Å². The number of nitrogens with one attached hydrogen (secondary N) is 1. The van der Waals surface area contributed by atoms with Crippen LogP contribution in [0.15, 0.2) is 0 Å².